The van der Waals surface area contributed by atoms with Gasteiger partial charge in [0.2, 0.25) is 0 Å². The Morgan fingerprint density at radius 1 is 1.47 bits per heavy atom. The molecule has 0 aliphatic carbocycles. The number of aliphatic hydroxyl groups excluding tert-OH is 2. The highest BCUT2D eigenvalue weighted by Gasteiger charge is 2.14. The van der Waals surface area contributed by atoms with Crippen molar-refractivity contribution < 1.29 is 15.0 Å². The second-order valence-electron chi connectivity index (χ2n) is 3.59. The van der Waals surface area contributed by atoms with E-state index in [0.29, 0.717) is 25.1 Å². The molecule has 6 heteroatoms. The molecule has 3 N–H and O–H groups in total. The molecule has 1 heterocycles. The van der Waals surface area contributed by atoms with Gasteiger partial charge >= 0.3 is 0 Å². The van der Waals surface area contributed by atoms with E-state index in [1.165, 1.54) is 0 Å². The van der Waals surface area contributed by atoms with Crippen molar-refractivity contribution in [1.82, 2.24) is 4.98 Å². The molecule has 1 rings (SSSR count). The van der Waals surface area contributed by atoms with Crippen molar-refractivity contribution in [3.8, 4) is 0 Å². The van der Waals surface area contributed by atoms with E-state index in [-0.39, 0.29) is 6.61 Å². The fraction of sp³-hybridized carbons (Fsp3) is 0.455. The largest absolute Gasteiger partial charge is 0.396 e. The first-order valence-corrected chi connectivity index (χ1v) is 6.14. The zero-order valence-electron chi connectivity index (χ0n) is 9.27. The summed E-state index contributed by atoms with van der Waals surface area (Å²) in [5.74, 6) is -0.0721. The number of hydrogen-bond donors (Lipinski definition) is 3. The molecule has 0 spiro atoms. The van der Waals surface area contributed by atoms with Crippen LogP contribution in [-0.2, 0) is 4.79 Å². The van der Waals surface area contributed by atoms with Crippen LogP contribution < -0.4 is 5.32 Å². The van der Waals surface area contributed by atoms with Crippen molar-refractivity contribution in [3.05, 3.63) is 22.8 Å². The van der Waals surface area contributed by atoms with Gasteiger partial charge in [-0.15, -0.1) is 0 Å². The third-order valence-electron chi connectivity index (χ3n) is 2.17. The number of pyridine rings is 1. The van der Waals surface area contributed by atoms with Crippen LogP contribution in [0.2, 0.25) is 0 Å². The van der Waals surface area contributed by atoms with Crippen LogP contribution in [0.25, 0.3) is 0 Å². The van der Waals surface area contributed by atoms with Crippen LogP contribution in [0, 0.1) is 0 Å². The molecule has 17 heavy (non-hydrogen) atoms. The predicted octanol–water partition coefficient (Wildman–Crippen LogP) is 1.31. The van der Waals surface area contributed by atoms with E-state index in [0.717, 1.165) is 4.47 Å². The summed E-state index contributed by atoms with van der Waals surface area (Å²) in [5.41, 5.74) is 0. The molecule has 1 unspecified atom stereocenters. The zero-order valence-corrected chi connectivity index (χ0v) is 10.9. The Bertz CT molecular complexity index is 356. The third kappa shape index (κ3) is 5.25. The predicted molar refractivity (Wildman–Crippen MR) is 67.5 cm³/mol. The van der Waals surface area contributed by atoms with Gasteiger partial charge in [0.15, 0.2) is 0 Å². The number of unbranched alkanes of at least 4 members (excludes halogenated alkanes) is 1. The highest BCUT2D eigenvalue weighted by molar-refractivity contribution is 9.10. The summed E-state index contributed by atoms with van der Waals surface area (Å²) in [6, 6.07) is 3.39. The van der Waals surface area contributed by atoms with Crippen LogP contribution in [0.3, 0.4) is 0 Å². The summed E-state index contributed by atoms with van der Waals surface area (Å²) in [6.07, 6.45) is 2.03. The third-order valence-corrected chi connectivity index (χ3v) is 2.64. The summed E-state index contributed by atoms with van der Waals surface area (Å²) >= 11 is 3.23. The molecule has 94 valence electrons. The lowest BCUT2D eigenvalue weighted by molar-refractivity contribution is -0.124. The van der Waals surface area contributed by atoms with Gasteiger partial charge in [0.1, 0.15) is 11.9 Å². The zero-order chi connectivity index (χ0) is 12.7. The van der Waals surface area contributed by atoms with Crippen LogP contribution in [0.5, 0.6) is 0 Å². The molecule has 0 saturated heterocycles. The summed E-state index contributed by atoms with van der Waals surface area (Å²) in [4.78, 5) is 15.5. The van der Waals surface area contributed by atoms with Gasteiger partial charge in [0.05, 0.1) is 0 Å². The molecule has 0 fully saturated rings. The first kappa shape index (κ1) is 14.1. The van der Waals surface area contributed by atoms with E-state index in [1.54, 1.807) is 18.3 Å². The number of rotatable bonds is 6. The standard InChI is InChI=1S/C11H15BrN2O3/c12-8-4-5-10(13-7-8)14-11(17)9(16)3-1-2-6-15/h4-5,7,9,15-16H,1-3,6H2,(H,13,14,17). The normalized spacial score (nSPS) is 12.2. The quantitative estimate of drug-likeness (QED) is 0.692. The molecule has 1 amide bonds. The second-order valence-corrected chi connectivity index (χ2v) is 4.50. The van der Waals surface area contributed by atoms with E-state index in [2.05, 4.69) is 26.2 Å². The molecule has 0 bridgehead atoms. The maximum Gasteiger partial charge on any atom is 0.254 e. The lowest BCUT2D eigenvalue weighted by Crippen LogP contribution is -2.27. The number of nitrogens with one attached hydrogen (secondary N) is 1. The molecule has 0 aromatic carbocycles. The van der Waals surface area contributed by atoms with Gasteiger partial charge in [-0.05, 0) is 47.3 Å². The summed E-state index contributed by atoms with van der Waals surface area (Å²) in [5, 5.41) is 20.6. The smallest absolute Gasteiger partial charge is 0.254 e. The second kappa shape index (κ2) is 7.37. The fourth-order valence-corrected chi connectivity index (χ4v) is 1.47. The van der Waals surface area contributed by atoms with Gasteiger partial charge in [-0.1, -0.05) is 0 Å². The summed E-state index contributed by atoms with van der Waals surface area (Å²) < 4.78 is 0.819. The molecule has 1 aromatic heterocycles. The SMILES string of the molecule is O=C(Nc1ccc(Br)cn1)C(O)CCCCO. The molecular formula is C11H15BrN2O3. The number of aliphatic hydroxyl groups is 2. The van der Waals surface area contributed by atoms with Crippen LogP contribution in [0.15, 0.2) is 22.8 Å². The number of halogens is 1. The summed E-state index contributed by atoms with van der Waals surface area (Å²) in [6.45, 7) is 0.0720. The molecule has 0 aliphatic rings. The van der Waals surface area contributed by atoms with E-state index in [1.807, 2.05) is 0 Å². The molecule has 0 radical (unpaired) electrons. The average Bonchev–Trinajstić information content (AvgIpc) is 2.32. The van der Waals surface area contributed by atoms with E-state index in [9.17, 15) is 9.90 Å². The Morgan fingerprint density at radius 3 is 2.82 bits per heavy atom. The Kier molecular flexibility index (Phi) is 6.10. The highest BCUT2D eigenvalue weighted by Crippen LogP contribution is 2.11. The lowest BCUT2D eigenvalue weighted by atomic mass is 10.1. The van der Waals surface area contributed by atoms with Crippen molar-refractivity contribution in [2.75, 3.05) is 11.9 Å². The molecule has 1 aromatic rings. The van der Waals surface area contributed by atoms with Gasteiger partial charge < -0.3 is 15.5 Å². The van der Waals surface area contributed by atoms with Crippen molar-refractivity contribution in [2.45, 2.75) is 25.4 Å². The number of nitrogens with zero attached hydrogens (tertiary/aromatic N) is 1. The van der Waals surface area contributed by atoms with Crippen LogP contribution in [-0.4, -0.2) is 33.8 Å². The minimum absolute atomic E-state index is 0.0720. The summed E-state index contributed by atoms with van der Waals surface area (Å²) in [7, 11) is 0. The molecular weight excluding hydrogens is 288 g/mol. The van der Waals surface area contributed by atoms with Gasteiger partial charge in [0, 0.05) is 17.3 Å². The number of anilines is 1. The van der Waals surface area contributed by atoms with E-state index in [4.69, 9.17) is 5.11 Å². The highest BCUT2D eigenvalue weighted by atomic mass is 79.9. The number of carbonyl (C=O) groups excluding carboxylic acids is 1. The van der Waals surface area contributed by atoms with Gasteiger partial charge in [-0.25, -0.2) is 4.98 Å². The first-order valence-electron chi connectivity index (χ1n) is 5.35. The van der Waals surface area contributed by atoms with Gasteiger partial charge in [0.25, 0.3) is 5.91 Å². The average molecular weight is 303 g/mol. The number of amides is 1. The van der Waals surface area contributed by atoms with E-state index < -0.39 is 12.0 Å². The topological polar surface area (TPSA) is 82.5 Å². The molecule has 0 aliphatic heterocycles. The number of carbonyl (C=O) groups is 1. The fourth-order valence-electron chi connectivity index (χ4n) is 1.24. The van der Waals surface area contributed by atoms with Gasteiger partial charge in [-0.3, -0.25) is 4.79 Å². The van der Waals surface area contributed by atoms with Gasteiger partial charge in [-0.2, -0.15) is 0 Å². The molecule has 5 nitrogen and oxygen atoms in total. The lowest BCUT2D eigenvalue weighted by Gasteiger charge is -2.10. The van der Waals surface area contributed by atoms with Crippen LogP contribution in [0.4, 0.5) is 5.82 Å². The number of hydrogen-bond acceptors (Lipinski definition) is 4. The minimum Gasteiger partial charge on any atom is -0.396 e. The van der Waals surface area contributed by atoms with Crippen molar-refractivity contribution in [2.24, 2.45) is 0 Å². The Morgan fingerprint density at radius 2 is 2.24 bits per heavy atom. The first-order chi connectivity index (χ1) is 8.13. The Hall–Kier alpha value is -0.980. The van der Waals surface area contributed by atoms with E-state index >= 15 is 0 Å². The van der Waals surface area contributed by atoms with Crippen LogP contribution >= 0.6 is 15.9 Å². The monoisotopic (exact) mass is 302 g/mol. The number of aromatic nitrogens is 1. The minimum atomic E-state index is -1.06. The maximum absolute atomic E-state index is 11.5. The molecule has 1 atom stereocenters. The maximum atomic E-state index is 11.5. The Labute approximate surface area is 108 Å². The van der Waals surface area contributed by atoms with Crippen molar-refractivity contribution in [1.29, 1.82) is 0 Å². The van der Waals surface area contributed by atoms with Crippen LogP contribution in [0.1, 0.15) is 19.3 Å². The molecule has 0 saturated carbocycles. The van der Waals surface area contributed by atoms with Crippen molar-refractivity contribution in [3.63, 3.8) is 0 Å². The van der Waals surface area contributed by atoms with Crippen molar-refractivity contribution >= 4 is 27.7 Å². The Balaban J connectivity index is 2.40.